The number of aromatic nitrogens is 3. The van der Waals surface area contributed by atoms with Gasteiger partial charge in [-0.3, -0.25) is 9.59 Å². The Hall–Kier alpha value is -1.61. The summed E-state index contributed by atoms with van der Waals surface area (Å²) in [6.07, 6.45) is 0.476. The van der Waals surface area contributed by atoms with Gasteiger partial charge in [0.2, 0.25) is 5.91 Å². The maximum Gasteiger partial charge on any atom is 0.303 e. The highest BCUT2D eigenvalue weighted by Gasteiger charge is 2.10. The lowest BCUT2D eigenvalue weighted by Gasteiger charge is -2.04. The van der Waals surface area contributed by atoms with Gasteiger partial charge in [-0.25, -0.2) is 0 Å². The minimum absolute atomic E-state index is 0.0522. The molecule has 0 saturated heterocycles. The second-order valence-electron chi connectivity index (χ2n) is 3.80. The highest BCUT2D eigenvalue weighted by atomic mass is 32.2. The van der Waals surface area contributed by atoms with Crippen molar-refractivity contribution in [3.63, 3.8) is 0 Å². The van der Waals surface area contributed by atoms with E-state index in [1.807, 2.05) is 0 Å². The number of nitrogens with one attached hydrogen (secondary N) is 1. The lowest BCUT2D eigenvalue weighted by atomic mass is 10.3. The summed E-state index contributed by atoms with van der Waals surface area (Å²) in [7, 11) is 1.79. The average molecular weight is 287 g/mol. The lowest BCUT2D eigenvalue weighted by molar-refractivity contribution is -0.137. The molecule has 0 spiro atoms. The molecule has 0 fully saturated rings. The maximum absolute atomic E-state index is 11.5. The number of thioether (sulfide) groups is 1. The topological polar surface area (TPSA) is 123 Å². The minimum Gasteiger partial charge on any atom is -0.481 e. The van der Waals surface area contributed by atoms with Gasteiger partial charge in [-0.05, 0) is 6.42 Å². The second kappa shape index (κ2) is 7.74. The average Bonchev–Trinajstić information content (AvgIpc) is 2.72. The predicted molar refractivity (Wildman–Crippen MR) is 69.5 cm³/mol. The van der Waals surface area contributed by atoms with Crippen molar-refractivity contribution in [2.45, 2.75) is 24.5 Å². The van der Waals surface area contributed by atoms with Gasteiger partial charge in [-0.1, -0.05) is 11.8 Å². The molecule has 9 heteroatoms. The molecule has 0 saturated carbocycles. The van der Waals surface area contributed by atoms with Gasteiger partial charge in [-0.2, -0.15) is 0 Å². The Balaban J connectivity index is 2.26. The van der Waals surface area contributed by atoms with Crippen LogP contribution in [0.2, 0.25) is 0 Å². The number of carbonyl (C=O) groups excluding carboxylic acids is 1. The molecule has 0 aliphatic heterocycles. The number of carboxylic acid groups (broad SMARTS) is 1. The number of rotatable bonds is 8. The van der Waals surface area contributed by atoms with Crippen molar-refractivity contribution < 1.29 is 14.7 Å². The SMILES string of the molecule is Cn1c(CN)nnc1SCC(=O)NCCCC(=O)O. The van der Waals surface area contributed by atoms with Crippen LogP contribution in [0, 0.1) is 0 Å². The number of nitrogens with zero attached hydrogens (tertiary/aromatic N) is 3. The Kier molecular flexibility index (Phi) is 6.30. The molecule has 0 aliphatic rings. The van der Waals surface area contributed by atoms with Crippen molar-refractivity contribution in [1.82, 2.24) is 20.1 Å². The summed E-state index contributed by atoms with van der Waals surface area (Å²) in [5.74, 6) is -0.155. The van der Waals surface area contributed by atoms with Crippen LogP contribution in [0.3, 0.4) is 0 Å². The van der Waals surface area contributed by atoms with E-state index in [-0.39, 0.29) is 18.1 Å². The van der Waals surface area contributed by atoms with Gasteiger partial charge in [0.05, 0.1) is 12.3 Å². The largest absolute Gasteiger partial charge is 0.481 e. The molecule has 8 nitrogen and oxygen atoms in total. The highest BCUT2D eigenvalue weighted by Crippen LogP contribution is 2.14. The van der Waals surface area contributed by atoms with Gasteiger partial charge in [-0.15, -0.1) is 10.2 Å². The van der Waals surface area contributed by atoms with E-state index < -0.39 is 5.97 Å². The Labute approximate surface area is 114 Å². The van der Waals surface area contributed by atoms with Gasteiger partial charge in [0.1, 0.15) is 5.82 Å². The quantitative estimate of drug-likeness (QED) is 0.428. The molecule has 0 radical (unpaired) electrons. The molecule has 0 atom stereocenters. The molecule has 19 heavy (non-hydrogen) atoms. The highest BCUT2D eigenvalue weighted by molar-refractivity contribution is 7.99. The third-order valence-electron chi connectivity index (χ3n) is 2.33. The number of aliphatic carboxylic acids is 1. The number of hydrogen-bond donors (Lipinski definition) is 3. The van der Waals surface area contributed by atoms with Crippen molar-refractivity contribution in [1.29, 1.82) is 0 Å². The van der Waals surface area contributed by atoms with E-state index in [9.17, 15) is 9.59 Å². The molecule has 4 N–H and O–H groups in total. The summed E-state index contributed by atoms with van der Waals surface area (Å²) < 4.78 is 1.74. The van der Waals surface area contributed by atoms with Crippen molar-refractivity contribution in [2.24, 2.45) is 12.8 Å². The molecule has 0 aliphatic carbocycles. The van der Waals surface area contributed by atoms with Gasteiger partial charge in [0.25, 0.3) is 0 Å². The second-order valence-corrected chi connectivity index (χ2v) is 4.74. The van der Waals surface area contributed by atoms with E-state index in [0.29, 0.717) is 30.5 Å². The lowest BCUT2D eigenvalue weighted by Crippen LogP contribution is -2.26. The van der Waals surface area contributed by atoms with Crippen LogP contribution in [0.25, 0.3) is 0 Å². The molecule has 0 unspecified atom stereocenters. The zero-order valence-electron chi connectivity index (χ0n) is 10.6. The van der Waals surface area contributed by atoms with Crippen LogP contribution in [0.15, 0.2) is 5.16 Å². The number of nitrogens with two attached hydrogens (primary N) is 1. The van der Waals surface area contributed by atoms with E-state index in [1.54, 1.807) is 11.6 Å². The third-order valence-corrected chi connectivity index (χ3v) is 3.35. The zero-order valence-corrected chi connectivity index (χ0v) is 11.4. The Morgan fingerprint density at radius 2 is 2.21 bits per heavy atom. The van der Waals surface area contributed by atoms with Crippen molar-refractivity contribution in [3.05, 3.63) is 5.82 Å². The molecule has 106 valence electrons. The number of hydrogen-bond acceptors (Lipinski definition) is 6. The molecule has 1 aromatic rings. The fourth-order valence-electron chi connectivity index (χ4n) is 1.30. The standard InChI is InChI=1S/C10H17N5O3S/c1-15-7(5-11)13-14-10(15)19-6-8(16)12-4-2-3-9(17)18/h2-6,11H2,1H3,(H,12,16)(H,17,18). The number of carbonyl (C=O) groups is 2. The van der Waals surface area contributed by atoms with Gasteiger partial charge in [0, 0.05) is 20.0 Å². The van der Waals surface area contributed by atoms with Gasteiger partial charge in [0.15, 0.2) is 5.16 Å². The first-order chi connectivity index (χ1) is 9.04. The first kappa shape index (κ1) is 15.4. The fourth-order valence-corrected chi connectivity index (χ4v) is 2.06. The van der Waals surface area contributed by atoms with E-state index in [1.165, 1.54) is 11.8 Å². The van der Waals surface area contributed by atoms with E-state index >= 15 is 0 Å². The van der Waals surface area contributed by atoms with Crippen LogP contribution < -0.4 is 11.1 Å². The normalized spacial score (nSPS) is 10.4. The fraction of sp³-hybridized carbons (Fsp3) is 0.600. The number of amides is 1. The Morgan fingerprint density at radius 3 is 2.79 bits per heavy atom. The van der Waals surface area contributed by atoms with Crippen LogP contribution >= 0.6 is 11.8 Å². The molecular formula is C10H17N5O3S. The molecule has 1 amide bonds. The molecule has 1 rings (SSSR count). The van der Waals surface area contributed by atoms with Crippen LogP contribution in [-0.4, -0.2) is 44.0 Å². The van der Waals surface area contributed by atoms with Crippen LogP contribution in [0.1, 0.15) is 18.7 Å². The van der Waals surface area contributed by atoms with Crippen LogP contribution in [-0.2, 0) is 23.2 Å². The maximum atomic E-state index is 11.5. The van der Waals surface area contributed by atoms with Gasteiger partial charge < -0.3 is 20.7 Å². The number of carboxylic acids is 1. The van der Waals surface area contributed by atoms with E-state index in [2.05, 4.69) is 15.5 Å². The summed E-state index contributed by atoms with van der Waals surface area (Å²) in [6, 6.07) is 0. The summed E-state index contributed by atoms with van der Waals surface area (Å²) in [6.45, 7) is 0.657. The molecule has 1 heterocycles. The first-order valence-electron chi connectivity index (χ1n) is 5.74. The molecule has 0 bridgehead atoms. The molecule has 0 aromatic carbocycles. The third kappa shape index (κ3) is 5.26. The Morgan fingerprint density at radius 1 is 1.47 bits per heavy atom. The zero-order chi connectivity index (χ0) is 14.3. The van der Waals surface area contributed by atoms with Crippen LogP contribution in [0.5, 0.6) is 0 Å². The van der Waals surface area contributed by atoms with Crippen molar-refractivity contribution >= 4 is 23.6 Å². The molecular weight excluding hydrogens is 270 g/mol. The van der Waals surface area contributed by atoms with Crippen molar-refractivity contribution in [3.8, 4) is 0 Å². The summed E-state index contributed by atoms with van der Waals surface area (Å²) in [5.41, 5.74) is 5.47. The molecule has 1 aromatic heterocycles. The van der Waals surface area contributed by atoms with Crippen LogP contribution in [0.4, 0.5) is 0 Å². The predicted octanol–water partition coefficient (Wildman–Crippen LogP) is -0.653. The van der Waals surface area contributed by atoms with E-state index in [4.69, 9.17) is 10.8 Å². The smallest absolute Gasteiger partial charge is 0.303 e. The summed E-state index contributed by atoms with van der Waals surface area (Å²) >= 11 is 1.26. The summed E-state index contributed by atoms with van der Waals surface area (Å²) in [5, 5.41) is 19.5. The monoisotopic (exact) mass is 287 g/mol. The van der Waals surface area contributed by atoms with E-state index in [0.717, 1.165) is 0 Å². The van der Waals surface area contributed by atoms with Gasteiger partial charge >= 0.3 is 5.97 Å². The minimum atomic E-state index is -0.864. The first-order valence-corrected chi connectivity index (χ1v) is 6.72. The Bertz CT molecular complexity index is 448. The van der Waals surface area contributed by atoms with Crippen molar-refractivity contribution in [2.75, 3.05) is 12.3 Å². The summed E-state index contributed by atoms with van der Waals surface area (Å²) in [4.78, 5) is 21.8.